The number of anilines is 1. The van der Waals surface area contributed by atoms with Crippen LogP contribution in [0.2, 0.25) is 0 Å². The quantitative estimate of drug-likeness (QED) is 0.776. The van der Waals surface area contributed by atoms with Crippen molar-refractivity contribution in [3.05, 3.63) is 11.3 Å². The number of ether oxygens (including phenoxy) is 1. The largest absolute Gasteiger partial charge is 0.383 e. The average molecular weight is 236 g/mol. The van der Waals surface area contributed by atoms with Crippen LogP contribution >= 0.6 is 0 Å². The molecule has 0 N–H and O–H groups in total. The smallest absolute Gasteiger partial charge is 0.145 e. The summed E-state index contributed by atoms with van der Waals surface area (Å²) in [5.74, 6) is 0.872. The van der Waals surface area contributed by atoms with E-state index < -0.39 is 0 Å². The van der Waals surface area contributed by atoms with Gasteiger partial charge < -0.3 is 9.64 Å². The number of nitrogens with zero attached hydrogens (tertiary/aromatic N) is 4. The molecule has 0 aromatic carbocycles. The molecule has 0 atom stereocenters. The normalized spacial score (nSPS) is 10.6. The maximum Gasteiger partial charge on any atom is 0.145 e. The van der Waals surface area contributed by atoms with Crippen molar-refractivity contribution in [2.45, 2.75) is 26.8 Å². The number of aromatic nitrogens is 2. The lowest BCUT2D eigenvalue weighted by Gasteiger charge is -2.28. The molecule has 0 aliphatic heterocycles. The van der Waals surface area contributed by atoms with Gasteiger partial charge in [0.1, 0.15) is 17.5 Å². The van der Waals surface area contributed by atoms with Crippen LogP contribution in [0, 0.1) is 18.3 Å². The van der Waals surface area contributed by atoms with E-state index in [-0.39, 0.29) is 0 Å². The van der Waals surface area contributed by atoms with Crippen molar-refractivity contribution in [2.75, 3.05) is 25.2 Å². The first-order valence-corrected chi connectivity index (χ1v) is 5.72. The molecule has 5 heteroatoms. The van der Waals surface area contributed by atoms with Crippen LogP contribution in [-0.4, -0.2) is 36.1 Å². The van der Waals surface area contributed by atoms with Gasteiger partial charge in [0.25, 0.3) is 0 Å². The lowest BCUT2D eigenvalue weighted by atomic mass is 10.2. The third-order valence-corrected chi connectivity index (χ3v) is 2.74. The van der Waals surface area contributed by atoms with E-state index in [1.165, 1.54) is 0 Å². The van der Waals surface area contributed by atoms with Crippen LogP contribution in [0.1, 0.15) is 25.1 Å². The van der Waals surface area contributed by atoms with Gasteiger partial charge >= 0.3 is 0 Å². The molecule has 0 spiro atoms. The van der Waals surface area contributed by atoms with E-state index in [1.54, 1.807) is 11.8 Å². The van der Waals surface area contributed by atoms with E-state index >= 15 is 0 Å². The van der Waals surface area contributed by atoms with Crippen LogP contribution in [-0.2, 0) is 11.8 Å². The van der Waals surface area contributed by atoms with Crippen molar-refractivity contribution in [1.82, 2.24) is 9.78 Å². The minimum atomic E-state index is 0.298. The summed E-state index contributed by atoms with van der Waals surface area (Å²) in [6.45, 7) is 7.43. The summed E-state index contributed by atoms with van der Waals surface area (Å²) in [5.41, 5.74) is 1.42. The molecule has 0 radical (unpaired) electrons. The van der Waals surface area contributed by atoms with Gasteiger partial charge in [0.15, 0.2) is 0 Å². The fourth-order valence-corrected chi connectivity index (χ4v) is 1.90. The molecule has 0 aliphatic carbocycles. The SMILES string of the molecule is COCCN(c1c(C#N)c(C)nn1C)C(C)C. The third-order valence-electron chi connectivity index (χ3n) is 2.74. The molecule has 0 fully saturated rings. The molecule has 0 amide bonds. The highest BCUT2D eigenvalue weighted by atomic mass is 16.5. The minimum Gasteiger partial charge on any atom is -0.383 e. The van der Waals surface area contributed by atoms with Crippen LogP contribution < -0.4 is 4.90 Å². The Balaban J connectivity index is 3.14. The van der Waals surface area contributed by atoms with Crippen molar-refractivity contribution >= 4 is 5.82 Å². The Labute approximate surface area is 103 Å². The van der Waals surface area contributed by atoms with E-state index in [0.717, 1.165) is 18.1 Å². The van der Waals surface area contributed by atoms with Gasteiger partial charge in [0.05, 0.1) is 12.3 Å². The predicted octanol–water partition coefficient (Wildman–Crippen LogP) is 1.46. The molecule has 1 aromatic heterocycles. The fraction of sp³-hybridized carbons (Fsp3) is 0.667. The van der Waals surface area contributed by atoms with Gasteiger partial charge in [0, 0.05) is 26.7 Å². The summed E-state index contributed by atoms with van der Waals surface area (Å²) in [6, 6.07) is 2.53. The topological polar surface area (TPSA) is 54.1 Å². The predicted molar refractivity (Wildman–Crippen MR) is 67.0 cm³/mol. The zero-order valence-corrected chi connectivity index (χ0v) is 11.2. The van der Waals surface area contributed by atoms with E-state index in [4.69, 9.17) is 4.74 Å². The Hall–Kier alpha value is -1.54. The molecule has 0 unspecified atom stereocenters. The molecule has 17 heavy (non-hydrogen) atoms. The van der Waals surface area contributed by atoms with Gasteiger partial charge in [0.2, 0.25) is 0 Å². The van der Waals surface area contributed by atoms with Gasteiger partial charge in [-0.3, -0.25) is 4.68 Å². The average Bonchev–Trinajstić information content (AvgIpc) is 2.54. The molecule has 0 saturated heterocycles. The van der Waals surface area contributed by atoms with E-state index in [0.29, 0.717) is 18.2 Å². The van der Waals surface area contributed by atoms with E-state index in [2.05, 4.69) is 29.9 Å². The lowest BCUT2D eigenvalue weighted by molar-refractivity contribution is 0.203. The molecule has 0 bridgehead atoms. The van der Waals surface area contributed by atoms with E-state index in [9.17, 15) is 5.26 Å². The number of hydrogen-bond acceptors (Lipinski definition) is 4. The monoisotopic (exact) mass is 236 g/mol. The molecule has 1 rings (SSSR count). The summed E-state index contributed by atoms with van der Waals surface area (Å²) in [4.78, 5) is 2.14. The Bertz CT molecular complexity index is 417. The second-order valence-electron chi connectivity index (χ2n) is 4.30. The zero-order chi connectivity index (χ0) is 13.0. The van der Waals surface area contributed by atoms with Gasteiger partial charge in [-0.15, -0.1) is 0 Å². The summed E-state index contributed by atoms with van der Waals surface area (Å²) in [7, 11) is 3.55. The molecule has 0 saturated carbocycles. The molecule has 1 aromatic rings. The number of hydrogen-bond donors (Lipinski definition) is 0. The second-order valence-corrected chi connectivity index (χ2v) is 4.30. The first-order valence-electron chi connectivity index (χ1n) is 5.72. The van der Waals surface area contributed by atoms with Gasteiger partial charge in [-0.2, -0.15) is 10.4 Å². The number of rotatable bonds is 5. The first-order chi connectivity index (χ1) is 8.02. The Morgan fingerprint density at radius 2 is 2.18 bits per heavy atom. The number of methoxy groups -OCH3 is 1. The second kappa shape index (κ2) is 5.69. The van der Waals surface area contributed by atoms with Crippen LogP contribution in [0.15, 0.2) is 0 Å². The third kappa shape index (κ3) is 2.77. The fourth-order valence-electron chi connectivity index (χ4n) is 1.90. The van der Waals surface area contributed by atoms with Crippen LogP contribution in [0.25, 0.3) is 0 Å². The Morgan fingerprint density at radius 1 is 1.53 bits per heavy atom. The van der Waals surface area contributed by atoms with Crippen LogP contribution in [0.5, 0.6) is 0 Å². The minimum absolute atomic E-state index is 0.298. The van der Waals surface area contributed by atoms with Gasteiger partial charge in [-0.05, 0) is 20.8 Å². The van der Waals surface area contributed by atoms with Crippen molar-refractivity contribution < 1.29 is 4.74 Å². The Kier molecular flexibility index (Phi) is 4.53. The van der Waals surface area contributed by atoms with Crippen molar-refractivity contribution in [1.29, 1.82) is 5.26 Å². The molecule has 1 heterocycles. The summed E-state index contributed by atoms with van der Waals surface area (Å²) in [6.07, 6.45) is 0. The molecule has 94 valence electrons. The highest BCUT2D eigenvalue weighted by Gasteiger charge is 2.21. The number of nitriles is 1. The lowest BCUT2D eigenvalue weighted by Crippen LogP contribution is -2.35. The molecule has 0 aliphatic rings. The maximum atomic E-state index is 9.21. The zero-order valence-electron chi connectivity index (χ0n) is 11.2. The summed E-state index contributed by atoms with van der Waals surface area (Å²) < 4.78 is 6.88. The molecular formula is C12H20N4O. The molecule has 5 nitrogen and oxygen atoms in total. The van der Waals surface area contributed by atoms with E-state index in [1.807, 2.05) is 14.0 Å². The van der Waals surface area contributed by atoms with Crippen molar-refractivity contribution in [3.8, 4) is 6.07 Å². The van der Waals surface area contributed by atoms with Crippen LogP contribution in [0.3, 0.4) is 0 Å². The van der Waals surface area contributed by atoms with Gasteiger partial charge in [-0.1, -0.05) is 0 Å². The summed E-state index contributed by atoms with van der Waals surface area (Å²) in [5, 5.41) is 13.5. The maximum absolute atomic E-state index is 9.21. The summed E-state index contributed by atoms with van der Waals surface area (Å²) >= 11 is 0. The van der Waals surface area contributed by atoms with Crippen LogP contribution in [0.4, 0.5) is 5.82 Å². The first kappa shape index (κ1) is 13.5. The Morgan fingerprint density at radius 3 is 2.65 bits per heavy atom. The van der Waals surface area contributed by atoms with Crippen molar-refractivity contribution in [2.24, 2.45) is 7.05 Å². The highest BCUT2D eigenvalue weighted by Crippen LogP contribution is 2.23. The number of aryl methyl sites for hydroxylation is 2. The van der Waals surface area contributed by atoms with Crippen molar-refractivity contribution in [3.63, 3.8) is 0 Å². The standard InChI is InChI=1S/C12H20N4O/c1-9(2)16(6-7-17-5)12-11(8-13)10(3)14-15(12)4/h9H,6-7H2,1-5H3. The van der Waals surface area contributed by atoms with Gasteiger partial charge in [-0.25, -0.2) is 0 Å². The molecular weight excluding hydrogens is 216 g/mol. The highest BCUT2D eigenvalue weighted by molar-refractivity contribution is 5.57.